The Morgan fingerprint density at radius 3 is 2.50 bits per heavy atom. The highest BCUT2D eigenvalue weighted by Gasteiger charge is 2.34. The number of hydrogen-bond acceptors (Lipinski definition) is 6. The van der Waals surface area contributed by atoms with Crippen molar-refractivity contribution in [1.82, 2.24) is 14.7 Å². The van der Waals surface area contributed by atoms with Gasteiger partial charge in [-0.3, -0.25) is 14.5 Å². The van der Waals surface area contributed by atoms with Crippen LogP contribution in [0.5, 0.6) is 5.75 Å². The minimum Gasteiger partial charge on any atom is -0.497 e. The molecule has 8 heteroatoms. The van der Waals surface area contributed by atoms with E-state index < -0.39 is 0 Å². The molecule has 0 unspecified atom stereocenters. The molecule has 0 N–H and O–H groups in total. The number of rotatable bonds is 8. The Bertz CT molecular complexity index is 1230. The first-order valence-electron chi connectivity index (χ1n) is 13.2. The average molecular weight is 534 g/mol. The van der Waals surface area contributed by atoms with Crippen molar-refractivity contribution in [1.29, 1.82) is 0 Å². The van der Waals surface area contributed by atoms with E-state index in [1.54, 1.807) is 18.4 Å². The number of hydrogen-bond donors (Lipinski definition) is 0. The van der Waals surface area contributed by atoms with Gasteiger partial charge in [0.05, 0.1) is 26.3 Å². The summed E-state index contributed by atoms with van der Waals surface area (Å²) in [7, 11) is 1.67. The van der Waals surface area contributed by atoms with Crippen LogP contribution in [-0.2, 0) is 27.4 Å². The summed E-state index contributed by atoms with van der Waals surface area (Å²) in [6.07, 6.45) is 0.953. The standard InChI is InChI=1S/C30H35N3O4S/c1-22-18-31(15-16-33(22)29(35)21-37-20-23-6-4-3-5-7-23)28(34)19-32-14-12-27-26(13-17-38-27)30(32)24-8-10-25(36-2)11-9-24/h3-11,13,17,22,30H,12,14-16,18-21H2,1-2H3/t22-,30-/m1/s1. The Balaban J connectivity index is 1.18. The number of thiophene rings is 1. The maximum Gasteiger partial charge on any atom is 0.248 e. The molecule has 2 aliphatic rings. The SMILES string of the molecule is COc1ccc([C@@H]2c3ccsc3CCN2CC(=O)N2CCN(C(=O)COCc3ccccc3)[C@H](C)C2)cc1. The Labute approximate surface area is 228 Å². The summed E-state index contributed by atoms with van der Waals surface area (Å²) in [5.41, 5.74) is 3.50. The summed E-state index contributed by atoms with van der Waals surface area (Å²) in [4.78, 5) is 33.7. The fraction of sp³-hybridized carbons (Fsp3) is 0.400. The summed E-state index contributed by atoms with van der Waals surface area (Å²) in [5, 5.41) is 2.15. The minimum absolute atomic E-state index is 0.0267. The highest BCUT2D eigenvalue weighted by molar-refractivity contribution is 7.10. The van der Waals surface area contributed by atoms with Crippen LogP contribution in [0.4, 0.5) is 0 Å². The monoisotopic (exact) mass is 533 g/mol. The largest absolute Gasteiger partial charge is 0.497 e. The summed E-state index contributed by atoms with van der Waals surface area (Å²) < 4.78 is 11.0. The van der Waals surface area contributed by atoms with Crippen LogP contribution in [-0.4, -0.2) is 79.0 Å². The Morgan fingerprint density at radius 1 is 0.974 bits per heavy atom. The summed E-state index contributed by atoms with van der Waals surface area (Å²) >= 11 is 1.79. The predicted octanol–water partition coefficient (Wildman–Crippen LogP) is 3.98. The van der Waals surface area contributed by atoms with E-state index in [1.807, 2.05) is 59.2 Å². The van der Waals surface area contributed by atoms with Crippen molar-refractivity contribution in [3.63, 3.8) is 0 Å². The third-order valence-electron chi connectivity index (χ3n) is 7.47. The van der Waals surface area contributed by atoms with E-state index in [0.29, 0.717) is 32.8 Å². The van der Waals surface area contributed by atoms with E-state index >= 15 is 0 Å². The first kappa shape index (κ1) is 26.4. The van der Waals surface area contributed by atoms with E-state index in [1.165, 1.54) is 10.4 Å². The molecule has 2 amide bonds. The van der Waals surface area contributed by atoms with Gasteiger partial charge in [0.15, 0.2) is 0 Å². The molecule has 200 valence electrons. The molecule has 0 spiro atoms. The summed E-state index contributed by atoms with van der Waals surface area (Å²) in [6.45, 7) is 5.26. The van der Waals surface area contributed by atoms with Crippen LogP contribution in [0, 0.1) is 0 Å². The third kappa shape index (κ3) is 5.93. The number of methoxy groups -OCH3 is 1. The van der Waals surface area contributed by atoms with Crippen LogP contribution < -0.4 is 4.74 Å². The fourth-order valence-electron chi connectivity index (χ4n) is 5.46. The first-order chi connectivity index (χ1) is 18.5. The van der Waals surface area contributed by atoms with Gasteiger partial charge in [-0.1, -0.05) is 42.5 Å². The van der Waals surface area contributed by atoms with Crippen LogP contribution in [0.2, 0.25) is 0 Å². The van der Waals surface area contributed by atoms with Gasteiger partial charge in [-0.25, -0.2) is 0 Å². The molecule has 1 aromatic heterocycles. The molecule has 7 nitrogen and oxygen atoms in total. The molecule has 0 radical (unpaired) electrons. The fourth-order valence-corrected chi connectivity index (χ4v) is 6.36. The maximum atomic E-state index is 13.5. The van der Waals surface area contributed by atoms with Gasteiger partial charge in [-0.15, -0.1) is 11.3 Å². The molecule has 0 saturated carbocycles. The van der Waals surface area contributed by atoms with Crippen LogP contribution in [0.25, 0.3) is 0 Å². The van der Waals surface area contributed by atoms with Gasteiger partial charge in [0.2, 0.25) is 11.8 Å². The Hall–Kier alpha value is -3.20. The highest BCUT2D eigenvalue weighted by Crippen LogP contribution is 2.38. The van der Waals surface area contributed by atoms with E-state index in [9.17, 15) is 9.59 Å². The van der Waals surface area contributed by atoms with Gasteiger partial charge < -0.3 is 19.3 Å². The summed E-state index contributed by atoms with van der Waals surface area (Å²) in [5.74, 6) is 0.909. The lowest BCUT2D eigenvalue weighted by Gasteiger charge is -2.42. The lowest BCUT2D eigenvalue weighted by molar-refractivity contribution is -0.146. The number of nitrogens with zero attached hydrogens (tertiary/aromatic N) is 3. The molecule has 3 aromatic rings. The molecular weight excluding hydrogens is 498 g/mol. The van der Waals surface area contributed by atoms with E-state index in [0.717, 1.165) is 29.8 Å². The van der Waals surface area contributed by atoms with E-state index in [-0.39, 0.29) is 30.5 Å². The molecule has 2 aliphatic heterocycles. The zero-order chi connectivity index (χ0) is 26.5. The van der Waals surface area contributed by atoms with Crippen molar-refractivity contribution < 1.29 is 19.1 Å². The second kappa shape index (κ2) is 12.1. The van der Waals surface area contributed by atoms with Crippen molar-refractivity contribution in [2.45, 2.75) is 32.0 Å². The van der Waals surface area contributed by atoms with Gasteiger partial charge >= 0.3 is 0 Å². The smallest absolute Gasteiger partial charge is 0.248 e. The highest BCUT2D eigenvalue weighted by atomic mass is 32.1. The predicted molar refractivity (Wildman–Crippen MR) is 148 cm³/mol. The molecule has 3 heterocycles. The number of piperazine rings is 1. The van der Waals surface area contributed by atoms with Crippen molar-refractivity contribution in [2.75, 3.05) is 46.4 Å². The van der Waals surface area contributed by atoms with Gasteiger partial charge in [-0.05, 0) is 53.6 Å². The van der Waals surface area contributed by atoms with Crippen molar-refractivity contribution >= 4 is 23.2 Å². The quantitative estimate of drug-likeness (QED) is 0.438. The van der Waals surface area contributed by atoms with Crippen molar-refractivity contribution in [3.05, 3.63) is 87.6 Å². The van der Waals surface area contributed by atoms with Crippen LogP contribution >= 0.6 is 11.3 Å². The lowest BCUT2D eigenvalue weighted by atomic mass is 9.93. The van der Waals surface area contributed by atoms with Crippen LogP contribution in [0.3, 0.4) is 0 Å². The van der Waals surface area contributed by atoms with Gasteiger partial charge in [0, 0.05) is 37.1 Å². The van der Waals surface area contributed by atoms with E-state index in [4.69, 9.17) is 9.47 Å². The molecule has 1 saturated heterocycles. The van der Waals surface area contributed by atoms with Crippen molar-refractivity contribution in [3.8, 4) is 5.75 Å². The molecule has 1 fully saturated rings. The average Bonchev–Trinajstić information content (AvgIpc) is 3.42. The van der Waals surface area contributed by atoms with Gasteiger partial charge in [0.1, 0.15) is 12.4 Å². The lowest BCUT2D eigenvalue weighted by Crippen LogP contribution is -2.57. The number of benzene rings is 2. The Morgan fingerprint density at radius 2 is 1.76 bits per heavy atom. The molecule has 0 bridgehead atoms. The second-order valence-electron chi connectivity index (χ2n) is 9.95. The molecule has 0 aliphatic carbocycles. The third-order valence-corrected chi connectivity index (χ3v) is 8.47. The zero-order valence-corrected chi connectivity index (χ0v) is 22.9. The number of carbonyl (C=O) groups excluding carboxylic acids is 2. The van der Waals surface area contributed by atoms with E-state index in [2.05, 4.69) is 28.5 Å². The van der Waals surface area contributed by atoms with Gasteiger partial charge in [0.25, 0.3) is 0 Å². The van der Waals surface area contributed by atoms with Gasteiger partial charge in [-0.2, -0.15) is 0 Å². The Kier molecular flexibility index (Phi) is 8.42. The molecule has 2 aromatic carbocycles. The number of fused-ring (bicyclic) bond motifs is 1. The zero-order valence-electron chi connectivity index (χ0n) is 22.0. The topological polar surface area (TPSA) is 62.3 Å². The molecule has 38 heavy (non-hydrogen) atoms. The number of ether oxygens (including phenoxy) is 2. The summed E-state index contributed by atoms with van der Waals surface area (Å²) in [6, 6.07) is 20.2. The number of carbonyl (C=O) groups is 2. The molecular formula is C30H35N3O4S. The molecule has 5 rings (SSSR count). The van der Waals surface area contributed by atoms with Crippen LogP contribution in [0.1, 0.15) is 34.5 Å². The second-order valence-corrected chi connectivity index (χ2v) is 11.0. The maximum absolute atomic E-state index is 13.5. The van der Waals surface area contributed by atoms with Crippen LogP contribution in [0.15, 0.2) is 66.0 Å². The molecule has 2 atom stereocenters. The minimum atomic E-state index is -0.0530. The van der Waals surface area contributed by atoms with Crippen molar-refractivity contribution in [2.24, 2.45) is 0 Å². The number of amides is 2. The first-order valence-corrected chi connectivity index (χ1v) is 14.0. The normalized spacial score (nSPS) is 19.7.